The molecule has 20 heavy (non-hydrogen) atoms. The molecule has 104 valence electrons. The molecule has 2 amide bonds. The molecule has 0 aliphatic rings. The van der Waals surface area contributed by atoms with Crippen LogP contribution < -0.4 is 17.6 Å². The molecule has 0 saturated carbocycles. The minimum absolute atomic E-state index is 0.0266. The van der Waals surface area contributed by atoms with Crippen molar-refractivity contribution in [2.24, 2.45) is 0 Å². The van der Waals surface area contributed by atoms with E-state index in [1.54, 1.807) is 0 Å². The Morgan fingerprint density at radius 1 is 0.750 bits per heavy atom. The zero-order valence-electron chi connectivity index (χ0n) is 11.3. The first-order valence-electron chi connectivity index (χ1n) is 6.16. The Morgan fingerprint density at radius 2 is 1.10 bits per heavy atom. The molecule has 0 unspecified atom stereocenters. The fraction of sp³-hybridized carbons (Fsp3) is 0.133. The van der Waals surface area contributed by atoms with Gasteiger partial charge < -0.3 is 0 Å². The summed E-state index contributed by atoms with van der Waals surface area (Å²) in [4.78, 5) is 11.7. The molecule has 2 aromatic rings. The van der Waals surface area contributed by atoms with Crippen LogP contribution in [-0.2, 0) is 0 Å². The Morgan fingerprint density at radius 3 is 1.45 bits per heavy atom. The monoisotopic (exact) mass is 400 g/mol. The van der Waals surface area contributed by atoms with Gasteiger partial charge in [-0.25, -0.2) is 0 Å². The number of benzene rings is 2. The SMILES string of the molecule is Cc1ccc([Se]NC(=O)N[Se]c2ccc(C)cc2)cc1. The van der Waals surface area contributed by atoms with Gasteiger partial charge in [-0.05, 0) is 0 Å². The van der Waals surface area contributed by atoms with Crippen molar-refractivity contribution in [3.63, 3.8) is 0 Å². The number of nitrogens with one attached hydrogen (secondary N) is 2. The first-order valence-corrected chi connectivity index (χ1v) is 9.59. The molecular weight excluding hydrogens is 382 g/mol. The molecule has 2 aromatic carbocycles. The van der Waals surface area contributed by atoms with E-state index in [-0.39, 0.29) is 36.4 Å². The first-order chi connectivity index (χ1) is 9.63. The summed E-state index contributed by atoms with van der Waals surface area (Å²) in [6.07, 6.45) is 0. The Bertz CT molecular complexity index is 516. The summed E-state index contributed by atoms with van der Waals surface area (Å²) in [6.45, 7) is 4.11. The number of hydrogen-bond donors (Lipinski definition) is 2. The van der Waals surface area contributed by atoms with Crippen LogP contribution in [0.15, 0.2) is 48.5 Å². The van der Waals surface area contributed by atoms with Crippen molar-refractivity contribution in [1.82, 2.24) is 8.67 Å². The molecule has 0 bridgehead atoms. The second-order valence-electron chi connectivity index (χ2n) is 4.36. The van der Waals surface area contributed by atoms with Gasteiger partial charge in [0, 0.05) is 0 Å². The second kappa shape index (κ2) is 7.51. The molecule has 0 saturated heterocycles. The van der Waals surface area contributed by atoms with Gasteiger partial charge >= 0.3 is 132 Å². The van der Waals surface area contributed by atoms with E-state index in [0.29, 0.717) is 0 Å². The zero-order chi connectivity index (χ0) is 14.4. The molecule has 0 heterocycles. The van der Waals surface area contributed by atoms with Crippen LogP contribution in [0.4, 0.5) is 4.79 Å². The standard InChI is InChI=1S/C15H16N2OSe2/c1-11-3-7-13(8-4-11)19-16-15(18)17-20-14-9-5-12(2)6-10-14/h3-10H,1-2H3,(H2,16,17,18). The zero-order valence-corrected chi connectivity index (χ0v) is 14.8. The predicted octanol–water partition coefficient (Wildman–Crippen LogP) is 0.792. The predicted molar refractivity (Wildman–Crippen MR) is 84.8 cm³/mol. The fourth-order valence-corrected chi connectivity index (χ4v) is 4.01. The van der Waals surface area contributed by atoms with Crippen molar-refractivity contribution in [2.75, 3.05) is 0 Å². The summed E-state index contributed by atoms with van der Waals surface area (Å²) in [5.41, 5.74) is 2.47. The Balaban J connectivity index is 1.75. The van der Waals surface area contributed by atoms with Crippen LogP contribution in [-0.4, -0.2) is 36.4 Å². The van der Waals surface area contributed by atoms with Crippen LogP contribution in [0, 0.1) is 13.8 Å². The van der Waals surface area contributed by atoms with Crippen molar-refractivity contribution in [1.29, 1.82) is 0 Å². The van der Waals surface area contributed by atoms with Crippen molar-refractivity contribution in [2.45, 2.75) is 13.8 Å². The number of aryl methyl sites for hydroxylation is 2. The molecule has 2 N–H and O–H groups in total. The van der Waals surface area contributed by atoms with Crippen molar-refractivity contribution in [3.05, 3.63) is 59.7 Å². The summed E-state index contributed by atoms with van der Waals surface area (Å²) in [5.74, 6) is 0. The Labute approximate surface area is 132 Å². The third kappa shape index (κ3) is 5.03. The quantitative estimate of drug-likeness (QED) is 0.735. The van der Waals surface area contributed by atoms with Gasteiger partial charge in [-0.3, -0.25) is 0 Å². The topological polar surface area (TPSA) is 41.1 Å². The van der Waals surface area contributed by atoms with Crippen LogP contribution in [0.2, 0.25) is 0 Å². The molecule has 2 rings (SSSR count). The summed E-state index contributed by atoms with van der Waals surface area (Å²) < 4.78 is 8.19. The number of urea groups is 1. The Kier molecular flexibility index (Phi) is 5.69. The van der Waals surface area contributed by atoms with Gasteiger partial charge in [0.25, 0.3) is 0 Å². The van der Waals surface area contributed by atoms with Gasteiger partial charge in [0.1, 0.15) is 0 Å². The van der Waals surface area contributed by atoms with E-state index < -0.39 is 0 Å². The maximum absolute atomic E-state index is 11.7. The van der Waals surface area contributed by atoms with E-state index in [2.05, 4.69) is 71.0 Å². The van der Waals surface area contributed by atoms with Crippen LogP contribution in [0.5, 0.6) is 0 Å². The number of carbonyl (C=O) groups excluding carboxylic acids is 1. The van der Waals surface area contributed by atoms with E-state index in [0.717, 1.165) is 0 Å². The molecule has 5 heteroatoms. The number of hydrogen-bond acceptors (Lipinski definition) is 1. The van der Waals surface area contributed by atoms with Gasteiger partial charge in [0.15, 0.2) is 0 Å². The van der Waals surface area contributed by atoms with Gasteiger partial charge in [-0.1, -0.05) is 0 Å². The van der Waals surface area contributed by atoms with Gasteiger partial charge in [0.2, 0.25) is 0 Å². The molecule has 0 atom stereocenters. The van der Waals surface area contributed by atoms with Gasteiger partial charge in [0.05, 0.1) is 0 Å². The van der Waals surface area contributed by atoms with E-state index in [9.17, 15) is 4.79 Å². The summed E-state index contributed by atoms with van der Waals surface area (Å²) >= 11 is -0.0533. The van der Waals surface area contributed by atoms with Crippen LogP contribution in [0.3, 0.4) is 0 Å². The maximum atomic E-state index is 11.7. The summed E-state index contributed by atoms with van der Waals surface area (Å²) in [6, 6.07) is 16.4. The third-order valence-electron chi connectivity index (χ3n) is 2.57. The summed E-state index contributed by atoms with van der Waals surface area (Å²) in [7, 11) is 0. The molecule has 0 radical (unpaired) electrons. The summed E-state index contributed by atoms with van der Waals surface area (Å²) in [5, 5.41) is 0. The minimum atomic E-state index is -0.0915. The van der Waals surface area contributed by atoms with Crippen LogP contribution in [0.1, 0.15) is 11.1 Å². The average Bonchev–Trinajstić information content (AvgIpc) is 2.46. The van der Waals surface area contributed by atoms with Crippen molar-refractivity contribution in [3.8, 4) is 0 Å². The molecule has 0 aliphatic carbocycles. The fourth-order valence-electron chi connectivity index (χ4n) is 1.44. The second-order valence-corrected chi connectivity index (χ2v) is 8.05. The van der Waals surface area contributed by atoms with Crippen LogP contribution >= 0.6 is 0 Å². The van der Waals surface area contributed by atoms with E-state index in [4.69, 9.17) is 0 Å². The normalized spacial score (nSPS) is 10.1. The van der Waals surface area contributed by atoms with Gasteiger partial charge in [-0.15, -0.1) is 0 Å². The number of amides is 2. The number of carbonyl (C=O) groups is 1. The van der Waals surface area contributed by atoms with Crippen LogP contribution in [0.25, 0.3) is 0 Å². The third-order valence-corrected chi connectivity index (χ3v) is 5.90. The van der Waals surface area contributed by atoms with E-state index in [1.165, 1.54) is 20.1 Å². The Hall–Kier alpha value is -1.25. The van der Waals surface area contributed by atoms with Crippen molar-refractivity contribution < 1.29 is 4.79 Å². The van der Waals surface area contributed by atoms with Crippen molar-refractivity contribution >= 4 is 45.3 Å². The molecule has 0 aromatic heterocycles. The molecule has 0 aliphatic heterocycles. The van der Waals surface area contributed by atoms with Gasteiger partial charge in [-0.2, -0.15) is 0 Å². The average molecular weight is 398 g/mol. The molecule has 0 spiro atoms. The molecule has 0 fully saturated rings. The van der Waals surface area contributed by atoms with E-state index in [1.807, 2.05) is 0 Å². The first kappa shape index (κ1) is 15.1. The molecule has 3 nitrogen and oxygen atoms in total. The number of rotatable bonds is 4. The van der Waals surface area contributed by atoms with E-state index >= 15 is 0 Å². The molecular formula is C15H16N2OSe2.